The molecule has 1 aromatic heterocycles. The molecule has 0 spiro atoms. The van der Waals surface area contributed by atoms with Crippen molar-refractivity contribution in [2.75, 3.05) is 13.6 Å². The van der Waals surface area contributed by atoms with Gasteiger partial charge in [0.25, 0.3) is 0 Å². The van der Waals surface area contributed by atoms with E-state index in [-0.39, 0.29) is 0 Å². The number of furan rings is 1. The molecule has 0 saturated heterocycles. The largest absolute Gasteiger partial charge is 0.465 e. The van der Waals surface area contributed by atoms with Gasteiger partial charge in [-0.25, -0.2) is 0 Å². The average molecular weight is 250 g/mol. The number of nitrogens with zero attached hydrogens (tertiary/aromatic N) is 1. The molecule has 1 atom stereocenters. The maximum absolute atomic E-state index is 5.62. The van der Waals surface area contributed by atoms with E-state index < -0.39 is 0 Å². The van der Waals surface area contributed by atoms with Crippen molar-refractivity contribution in [2.24, 2.45) is 0 Å². The van der Waals surface area contributed by atoms with Gasteiger partial charge in [0.15, 0.2) is 0 Å². The minimum absolute atomic E-state index is 0.608. The number of aryl methyl sites for hydroxylation is 1. The molecule has 0 aliphatic heterocycles. The number of nitrogens with one attached hydrogen (secondary N) is 1. The molecule has 0 radical (unpaired) electrons. The van der Waals surface area contributed by atoms with Crippen LogP contribution in [0.1, 0.15) is 44.1 Å². The van der Waals surface area contributed by atoms with E-state index >= 15 is 0 Å². The smallest absolute Gasteiger partial charge is 0.118 e. The summed E-state index contributed by atoms with van der Waals surface area (Å²) in [5.41, 5.74) is 0. The summed E-state index contributed by atoms with van der Waals surface area (Å²) in [5, 5.41) is 3.57. The zero-order valence-corrected chi connectivity index (χ0v) is 11.9. The summed E-state index contributed by atoms with van der Waals surface area (Å²) >= 11 is 0. The van der Waals surface area contributed by atoms with Crippen LogP contribution in [-0.2, 0) is 6.54 Å². The van der Waals surface area contributed by atoms with E-state index in [4.69, 9.17) is 4.42 Å². The predicted octanol–water partition coefficient (Wildman–Crippen LogP) is 2.94. The van der Waals surface area contributed by atoms with Gasteiger partial charge < -0.3 is 9.73 Å². The highest BCUT2D eigenvalue weighted by Gasteiger charge is 2.19. The molecular formula is C15H26N2O. The van der Waals surface area contributed by atoms with Crippen LogP contribution in [0.3, 0.4) is 0 Å². The molecule has 0 amide bonds. The summed E-state index contributed by atoms with van der Waals surface area (Å²) in [4.78, 5) is 2.37. The van der Waals surface area contributed by atoms with Crippen LogP contribution in [-0.4, -0.2) is 30.6 Å². The predicted molar refractivity (Wildman–Crippen MR) is 74.6 cm³/mol. The van der Waals surface area contributed by atoms with E-state index in [9.17, 15) is 0 Å². The molecular weight excluding hydrogens is 224 g/mol. The first-order chi connectivity index (χ1) is 8.65. The molecule has 1 N–H and O–H groups in total. The third kappa shape index (κ3) is 4.46. The van der Waals surface area contributed by atoms with Crippen molar-refractivity contribution >= 4 is 0 Å². The topological polar surface area (TPSA) is 28.4 Å². The summed E-state index contributed by atoms with van der Waals surface area (Å²) in [5.74, 6) is 2.07. The summed E-state index contributed by atoms with van der Waals surface area (Å²) < 4.78 is 5.62. The third-order valence-electron chi connectivity index (χ3n) is 3.76. The average Bonchev–Trinajstić information content (AvgIpc) is 3.08. The molecule has 1 saturated carbocycles. The maximum Gasteiger partial charge on any atom is 0.118 e. The summed E-state index contributed by atoms with van der Waals surface area (Å²) in [6.07, 6.45) is 5.27. The van der Waals surface area contributed by atoms with Crippen LogP contribution in [0.2, 0.25) is 0 Å². The number of hydrogen-bond donors (Lipinski definition) is 1. The highest BCUT2D eigenvalue weighted by molar-refractivity contribution is 5.05. The SMILES string of the molecule is Cc1ccc(CN(C)C(C)CCCNC2CC2)o1. The van der Waals surface area contributed by atoms with Gasteiger partial charge in [0.05, 0.1) is 6.54 Å². The normalized spacial score (nSPS) is 17.3. The second-order valence-corrected chi connectivity index (χ2v) is 5.65. The summed E-state index contributed by atoms with van der Waals surface area (Å²) in [7, 11) is 2.18. The van der Waals surface area contributed by atoms with E-state index in [1.807, 2.05) is 13.0 Å². The lowest BCUT2D eigenvalue weighted by atomic mass is 10.1. The Labute approximate surface area is 111 Å². The summed E-state index contributed by atoms with van der Waals surface area (Å²) in [6.45, 7) is 6.37. The van der Waals surface area contributed by atoms with Gasteiger partial charge in [-0.2, -0.15) is 0 Å². The van der Waals surface area contributed by atoms with Gasteiger partial charge >= 0.3 is 0 Å². The van der Waals surface area contributed by atoms with Gasteiger partial charge in [-0.05, 0) is 65.3 Å². The van der Waals surface area contributed by atoms with Gasteiger partial charge in [-0.1, -0.05) is 0 Å². The molecule has 1 heterocycles. The van der Waals surface area contributed by atoms with E-state index in [0.29, 0.717) is 6.04 Å². The van der Waals surface area contributed by atoms with Crippen molar-refractivity contribution in [3.63, 3.8) is 0 Å². The first kappa shape index (κ1) is 13.6. The zero-order chi connectivity index (χ0) is 13.0. The van der Waals surface area contributed by atoms with Crippen LogP contribution in [0.4, 0.5) is 0 Å². The monoisotopic (exact) mass is 250 g/mol. The fourth-order valence-electron chi connectivity index (χ4n) is 2.18. The molecule has 3 heteroatoms. The van der Waals surface area contributed by atoms with Crippen molar-refractivity contribution in [3.05, 3.63) is 23.7 Å². The summed E-state index contributed by atoms with van der Waals surface area (Å²) in [6, 6.07) is 5.56. The second-order valence-electron chi connectivity index (χ2n) is 5.65. The zero-order valence-electron chi connectivity index (χ0n) is 11.9. The lowest BCUT2D eigenvalue weighted by Gasteiger charge is -2.23. The molecule has 1 fully saturated rings. The van der Waals surface area contributed by atoms with Crippen molar-refractivity contribution < 1.29 is 4.42 Å². The quantitative estimate of drug-likeness (QED) is 0.719. The van der Waals surface area contributed by atoms with Crippen molar-refractivity contribution in [1.82, 2.24) is 10.2 Å². The van der Waals surface area contributed by atoms with Crippen molar-refractivity contribution in [3.8, 4) is 0 Å². The maximum atomic E-state index is 5.62. The fourth-order valence-corrected chi connectivity index (χ4v) is 2.18. The van der Waals surface area contributed by atoms with Gasteiger partial charge in [0.2, 0.25) is 0 Å². The van der Waals surface area contributed by atoms with E-state index in [2.05, 4.69) is 30.3 Å². The minimum Gasteiger partial charge on any atom is -0.465 e. The Morgan fingerprint density at radius 3 is 2.83 bits per heavy atom. The Bertz CT molecular complexity index is 357. The Morgan fingerprint density at radius 2 is 2.22 bits per heavy atom. The molecule has 102 valence electrons. The Kier molecular flexibility index (Phi) is 4.84. The Hall–Kier alpha value is -0.800. The Balaban J connectivity index is 1.62. The second kappa shape index (κ2) is 6.39. The molecule has 1 aliphatic rings. The third-order valence-corrected chi connectivity index (χ3v) is 3.76. The van der Waals surface area contributed by atoms with Crippen LogP contribution in [0.5, 0.6) is 0 Å². The molecule has 0 aromatic carbocycles. The highest BCUT2D eigenvalue weighted by Crippen LogP contribution is 2.18. The number of hydrogen-bond acceptors (Lipinski definition) is 3. The van der Waals surface area contributed by atoms with Crippen molar-refractivity contribution in [2.45, 2.75) is 58.2 Å². The van der Waals surface area contributed by atoms with Gasteiger partial charge in [0.1, 0.15) is 11.5 Å². The van der Waals surface area contributed by atoms with Crippen molar-refractivity contribution in [1.29, 1.82) is 0 Å². The molecule has 2 rings (SSSR count). The minimum atomic E-state index is 0.608. The van der Waals surface area contributed by atoms with E-state index in [1.165, 1.54) is 32.2 Å². The van der Waals surface area contributed by atoms with Crippen LogP contribution >= 0.6 is 0 Å². The first-order valence-corrected chi connectivity index (χ1v) is 7.14. The van der Waals surface area contributed by atoms with E-state index in [0.717, 1.165) is 24.1 Å². The first-order valence-electron chi connectivity index (χ1n) is 7.14. The van der Waals surface area contributed by atoms with E-state index in [1.54, 1.807) is 0 Å². The molecule has 1 aliphatic carbocycles. The molecule has 1 unspecified atom stereocenters. The van der Waals surface area contributed by atoms with Crippen LogP contribution in [0.15, 0.2) is 16.5 Å². The van der Waals surface area contributed by atoms with Crippen LogP contribution < -0.4 is 5.32 Å². The lowest BCUT2D eigenvalue weighted by molar-refractivity contribution is 0.216. The Morgan fingerprint density at radius 1 is 1.44 bits per heavy atom. The van der Waals surface area contributed by atoms with Gasteiger partial charge in [0, 0.05) is 12.1 Å². The molecule has 18 heavy (non-hydrogen) atoms. The fraction of sp³-hybridized carbons (Fsp3) is 0.733. The molecule has 0 bridgehead atoms. The van der Waals surface area contributed by atoms with Gasteiger partial charge in [-0.3, -0.25) is 4.90 Å². The lowest BCUT2D eigenvalue weighted by Crippen LogP contribution is -2.29. The molecule has 3 nitrogen and oxygen atoms in total. The van der Waals surface area contributed by atoms with Crippen LogP contribution in [0, 0.1) is 6.92 Å². The van der Waals surface area contributed by atoms with Crippen LogP contribution in [0.25, 0.3) is 0 Å². The standard InChI is InChI=1S/C15H26N2O/c1-12(5-4-10-16-14-7-8-14)17(3)11-15-9-6-13(2)18-15/h6,9,12,14,16H,4-5,7-8,10-11H2,1-3H3. The van der Waals surface area contributed by atoms with Gasteiger partial charge in [-0.15, -0.1) is 0 Å². The molecule has 1 aromatic rings. The highest BCUT2D eigenvalue weighted by atomic mass is 16.3. The number of rotatable bonds is 8.